The van der Waals surface area contributed by atoms with Crippen LogP contribution in [0.4, 0.5) is 4.39 Å². The van der Waals surface area contributed by atoms with E-state index in [9.17, 15) is 9.18 Å². The quantitative estimate of drug-likeness (QED) is 0.648. The molecule has 1 aromatic carbocycles. The first-order valence-electron chi connectivity index (χ1n) is 5.21. The molecule has 5 nitrogen and oxygen atoms in total. The van der Waals surface area contributed by atoms with E-state index in [-0.39, 0.29) is 11.4 Å². The first kappa shape index (κ1) is 10.5. The molecule has 0 bridgehead atoms. The van der Waals surface area contributed by atoms with Gasteiger partial charge in [0.05, 0.1) is 23.1 Å². The van der Waals surface area contributed by atoms with E-state index in [2.05, 4.69) is 15.2 Å². The Morgan fingerprint density at radius 1 is 1.39 bits per heavy atom. The van der Waals surface area contributed by atoms with Crippen LogP contribution in [0, 0.1) is 5.82 Å². The van der Waals surface area contributed by atoms with E-state index >= 15 is 0 Å². The molecule has 0 saturated heterocycles. The largest absolute Gasteiger partial charge is 0.478 e. The lowest BCUT2D eigenvalue weighted by molar-refractivity contribution is 0.0698. The molecule has 18 heavy (non-hydrogen) atoms. The molecule has 2 heterocycles. The van der Waals surface area contributed by atoms with Crippen LogP contribution in [0.2, 0.25) is 0 Å². The fraction of sp³-hybridized carbons (Fsp3) is 0. The number of para-hydroxylation sites is 1. The van der Waals surface area contributed by atoms with Crippen molar-refractivity contribution < 1.29 is 14.3 Å². The Labute approximate surface area is 100 Å². The second-order valence-electron chi connectivity index (χ2n) is 3.85. The molecule has 3 aromatic rings. The van der Waals surface area contributed by atoms with Crippen LogP contribution in [0.5, 0.6) is 0 Å². The van der Waals surface area contributed by atoms with Crippen LogP contribution in [0.25, 0.3) is 22.3 Å². The minimum absolute atomic E-state index is 0.0435. The van der Waals surface area contributed by atoms with Crippen molar-refractivity contribution in [3.8, 4) is 11.4 Å². The number of aromatic carboxylic acids is 1. The lowest BCUT2D eigenvalue weighted by Gasteiger charge is -1.95. The highest BCUT2D eigenvalue weighted by molar-refractivity contribution is 5.96. The topological polar surface area (TPSA) is 81.8 Å². The number of nitrogens with one attached hydrogen (secondary N) is 2. The number of fused-ring (bicyclic) bond motifs is 1. The Kier molecular flexibility index (Phi) is 2.16. The third-order valence-electron chi connectivity index (χ3n) is 2.74. The Balaban J connectivity index is 2.23. The molecule has 0 aliphatic heterocycles. The summed E-state index contributed by atoms with van der Waals surface area (Å²) in [6.07, 6.45) is 1.22. The molecular formula is C12H8FN3O2. The maximum absolute atomic E-state index is 13.5. The van der Waals surface area contributed by atoms with Crippen LogP contribution in [0.1, 0.15) is 10.4 Å². The van der Waals surface area contributed by atoms with Gasteiger partial charge in [-0.2, -0.15) is 5.10 Å². The van der Waals surface area contributed by atoms with Crippen LogP contribution >= 0.6 is 0 Å². The molecule has 0 unspecified atom stereocenters. The summed E-state index contributed by atoms with van der Waals surface area (Å²) in [6, 6.07) is 6.36. The van der Waals surface area contributed by atoms with Crippen molar-refractivity contribution in [3.63, 3.8) is 0 Å². The molecule has 0 amide bonds. The number of rotatable bonds is 2. The SMILES string of the molecule is O=C(O)c1cn[nH]c1-c1cc2cccc(F)c2[nH]1. The average Bonchev–Trinajstić information content (AvgIpc) is 2.95. The van der Waals surface area contributed by atoms with Crippen molar-refractivity contribution in [2.75, 3.05) is 0 Å². The summed E-state index contributed by atoms with van der Waals surface area (Å²) >= 11 is 0. The fourth-order valence-electron chi connectivity index (χ4n) is 1.91. The zero-order chi connectivity index (χ0) is 12.7. The van der Waals surface area contributed by atoms with Gasteiger partial charge in [0.1, 0.15) is 11.4 Å². The maximum Gasteiger partial charge on any atom is 0.339 e. The van der Waals surface area contributed by atoms with Gasteiger partial charge < -0.3 is 10.1 Å². The number of aromatic amines is 2. The van der Waals surface area contributed by atoms with E-state index in [0.29, 0.717) is 22.3 Å². The van der Waals surface area contributed by atoms with Crippen molar-refractivity contribution in [2.24, 2.45) is 0 Å². The number of benzene rings is 1. The van der Waals surface area contributed by atoms with Gasteiger partial charge in [-0.1, -0.05) is 12.1 Å². The Morgan fingerprint density at radius 3 is 2.94 bits per heavy atom. The minimum Gasteiger partial charge on any atom is -0.478 e. The standard InChI is InChI=1S/C12H8FN3O2/c13-8-3-1-2-6-4-9(15-10(6)8)11-7(12(17)18)5-14-16-11/h1-5,15H,(H,14,16)(H,17,18). The van der Waals surface area contributed by atoms with Gasteiger partial charge in [-0.25, -0.2) is 9.18 Å². The number of hydrogen-bond donors (Lipinski definition) is 3. The third kappa shape index (κ3) is 1.46. The zero-order valence-electron chi connectivity index (χ0n) is 9.07. The van der Waals surface area contributed by atoms with Gasteiger partial charge in [0.2, 0.25) is 0 Å². The Morgan fingerprint density at radius 2 is 2.22 bits per heavy atom. The van der Waals surface area contributed by atoms with Gasteiger partial charge in [0.25, 0.3) is 0 Å². The lowest BCUT2D eigenvalue weighted by Crippen LogP contribution is -1.96. The first-order chi connectivity index (χ1) is 8.66. The van der Waals surface area contributed by atoms with Gasteiger partial charge in [-0.15, -0.1) is 0 Å². The normalized spacial score (nSPS) is 10.9. The number of carbonyl (C=O) groups is 1. The van der Waals surface area contributed by atoms with Crippen molar-refractivity contribution in [1.82, 2.24) is 15.2 Å². The van der Waals surface area contributed by atoms with E-state index in [1.54, 1.807) is 18.2 Å². The van der Waals surface area contributed by atoms with Gasteiger partial charge >= 0.3 is 5.97 Å². The summed E-state index contributed by atoms with van der Waals surface area (Å²) in [4.78, 5) is 13.8. The molecule has 0 saturated carbocycles. The van der Waals surface area contributed by atoms with Crippen molar-refractivity contribution >= 4 is 16.9 Å². The van der Waals surface area contributed by atoms with E-state index in [0.717, 1.165) is 0 Å². The molecule has 3 rings (SSSR count). The van der Waals surface area contributed by atoms with Crippen LogP contribution in [0.15, 0.2) is 30.5 Å². The Hall–Kier alpha value is -2.63. The number of halogens is 1. The number of carboxylic acid groups (broad SMARTS) is 1. The monoisotopic (exact) mass is 245 g/mol. The number of H-pyrrole nitrogens is 2. The molecule has 0 radical (unpaired) electrons. The fourth-order valence-corrected chi connectivity index (χ4v) is 1.91. The van der Waals surface area contributed by atoms with Gasteiger partial charge in [0.15, 0.2) is 0 Å². The molecule has 0 aliphatic rings. The van der Waals surface area contributed by atoms with Gasteiger partial charge in [-0.3, -0.25) is 5.10 Å². The predicted octanol–water partition coefficient (Wildman–Crippen LogP) is 2.40. The van der Waals surface area contributed by atoms with Crippen molar-refractivity contribution in [1.29, 1.82) is 0 Å². The molecule has 90 valence electrons. The number of carboxylic acids is 1. The van der Waals surface area contributed by atoms with Crippen LogP contribution < -0.4 is 0 Å². The second-order valence-corrected chi connectivity index (χ2v) is 3.85. The summed E-state index contributed by atoms with van der Waals surface area (Å²) < 4.78 is 13.5. The van der Waals surface area contributed by atoms with Crippen LogP contribution in [0.3, 0.4) is 0 Å². The van der Waals surface area contributed by atoms with E-state index in [1.165, 1.54) is 12.3 Å². The lowest BCUT2D eigenvalue weighted by atomic mass is 10.2. The van der Waals surface area contributed by atoms with E-state index in [1.807, 2.05) is 0 Å². The van der Waals surface area contributed by atoms with Gasteiger partial charge in [0, 0.05) is 5.39 Å². The van der Waals surface area contributed by atoms with Crippen LogP contribution in [-0.4, -0.2) is 26.3 Å². The highest BCUT2D eigenvalue weighted by Crippen LogP contribution is 2.26. The van der Waals surface area contributed by atoms with E-state index in [4.69, 9.17) is 5.11 Å². The Bertz CT molecular complexity index is 745. The highest BCUT2D eigenvalue weighted by atomic mass is 19.1. The number of hydrogen-bond acceptors (Lipinski definition) is 2. The molecule has 0 atom stereocenters. The van der Waals surface area contributed by atoms with E-state index < -0.39 is 5.97 Å². The highest BCUT2D eigenvalue weighted by Gasteiger charge is 2.16. The molecule has 2 aromatic heterocycles. The van der Waals surface area contributed by atoms with Gasteiger partial charge in [-0.05, 0) is 12.1 Å². The zero-order valence-corrected chi connectivity index (χ0v) is 9.07. The molecule has 0 spiro atoms. The van der Waals surface area contributed by atoms with Crippen molar-refractivity contribution in [3.05, 3.63) is 41.8 Å². The van der Waals surface area contributed by atoms with Crippen LogP contribution in [-0.2, 0) is 0 Å². The molecule has 6 heteroatoms. The molecule has 0 fully saturated rings. The number of aromatic nitrogens is 3. The first-order valence-corrected chi connectivity index (χ1v) is 5.21. The summed E-state index contributed by atoms with van der Waals surface area (Å²) in [5.41, 5.74) is 1.21. The smallest absolute Gasteiger partial charge is 0.339 e. The maximum atomic E-state index is 13.5. The number of nitrogens with zero attached hydrogens (tertiary/aromatic N) is 1. The molecule has 3 N–H and O–H groups in total. The average molecular weight is 245 g/mol. The summed E-state index contributed by atoms with van der Waals surface area (Å²) in [5.74, 6) is -1.46. The van der Waals surface area contributed by atoms with Crippen molar-refractivity contribution in [2.45, 2.75) is 0 Å². The third-order valence-corrected chi connectivity index (χ3v) is 2.74. The molecular weight excluding hydrogens is 237 g/mol. The summed E-state index contributed by atoms with van der Waals surface area (Å²) in [5, 5.41) is 16.0. The minimum atomic E-state index is -1.09. The molecule has 0 aliphatic carbocycles. The second kappa shape index (κ2) is 3.69. The summed E-state index contributed by atoms with van der Waals surface area (Å²) in [7, 11) is 0. The predicted molar refractivity (Wildman–Crippen MR) is 62.8 cm³/mol. The summed E-state index contributed by atoms with van der Waals surface area (Å²) in [6.45, 7) is 0.